The molecule has 6 heterocycles. The fourth-order valence-electron chi connectivity index (χ4n) is 11.0. The number of nitro groups is 1. The fourth-order valence-corrected chi connectivity index (χ4v) is 12.2. The summed E-state index contributed by atoms with van der Waals surface area (Å²) in [6, 6.07) is 16.9. The third-order valence-corrected chi connectivity index (χ3v) is 16.4. The SMILES string of the molecule is C[C@H]1CCC[N+](Cc2ccc(NS(=O)(=O)c3ccc(C(=O)NCCN4C(=O)C=CC4=O)cc3[N+](=O)[O-])cc2)(Cc2cc3c(c(C(F)(F)F)c2)CN(c2cc(C4(Cc5nncn5C)COC4)cc(N(CCC#N)C(=O)OC(C)(C)C)n2)C3=O)C1. The molecule has 27 heteroatoms. The summed E-state index contributed by atoms with van der Waals surface area (Å²) in [6.07, 6.45) is -0.247. The van der Waals surface area contributed by atoms with E-state index in [2.05, 4.69) is 27.2 Å². The fraction of sp³-hybridized carbons (Fsp3) is 0.411. The van der Waals surface area contributed by atoms with Gasteiger partial charge in [0.1, 0.15) is 42.5 Å². The molecule has 2 N–H and O–H groups in total. The highest BCUT2D eigenvalue weighted by molar-refractivity contribution is 7.92. The molecule has 5 amide bonds. The number of likely N-dealkylation sites (tertiary alicyclic amines) is 1. The molecule has 2 fully saturated rings. The van der Waals surface area contributed by atoms with E-state index in [1.165, 1.54) is 23.1 Å². The van der Waals surface area contributed by atoms with E-state index in [1.807, 2.05) is 6.07 Å². The number of nitro benzene ring substituents is 1. The van der Waals surface area contributed by atoms with E-state index in [9.17, 15) is 47.8 Å². The summed E-state index contributed by atoms with van der Waals surface area (Å²) in [7, 11) is -2.86. The van der Waals surface area contributed by atoms with Gasteiger partial charge < -0.3 is 23.8 Å². The largest absolute Gasteiger partial charge is 0.443 e. The van der Waals surface area contributed by atoms with Crippen LogP contribution >= 0.6 is 0 Å². The van der Waals surface area contributed by atoms with Gasteiger partial charge in [-0.05, 0) is 93.3 Å². The number of hydrogen-bond acceptors (Lipinski definition) is 15. The normalized spacial score (nSPS) is 18.6. The number of benzene rings is 3. The number of carbonyl (C=O) groups excluding carboxylic acids is 5. The zero-order valence-corrected chi connectivity index (χ0v) is 46.9. The first kappa shape index (κ1) is 59.0. The van der Waals surface area contributed by atoms with Crippen LogP contribution in [0.25, 0.3) is 0 Å². The molecule has 0 spiro atoms. The number of piperidine rings is 1. The van der Waals surface area contributed by atoms with Crippen molar-refractivity contribution in [3.8, 4) is 6.07 Å². The molecule has 4 aliphatic heterocycles. The number of fused-ring (bicyclic) bond motifs is 1. The van der Waals surface area contributed by atoms with E-state index < -0.39 is 84.6 Å². The number of carbonyl (C=O) groups is 5. The number of nitrogens with zero attached hydrogens (tertiary/aromatic N) is 10. The van der Waals surface area contributed by atoms with Crippen molar-refractivity contribution in [2.45, 2.75) is 95.1 Å². The molecule has 2 saturated heterocycles. The van der Waals surface area contributed by atoms with E-state index in [1.54, 1.807) is 63.0 Å². The zero-order chi connectivity index (χ0) is 59.8. The zero-order valence-electron chi connectivity index (χ0n) is 46.1. The molecule has 3 aromatic carbocycles. The van der Waals surface area contributed by atoms with Gasteiger partial charge in [-0.1, -0.05) is 19.1 Å². The van der Waals surface area contributed by atoms with Crippen LogP contribution in [0.2, 0.25) is 0 Å². The average Bonchev–Trinajstić information content (AvgIpc) is 3.98. The molecule has 9 rings (SSSR count). The van der Waals surface area contributed by atoms with Crippen LogP contribution in [0.4, 0.5) is 41.0 Å². The molecule has 2 atom stereocenters. The monoisotopic (exact) mass is 1170 g/mol. The Morgan fingerprint density at radius 2 is 1.72 bits per heavy atom. The molecule has 0 radical (unpaired) electrons. The summed E-state index contributed by atoms with van der Waals surface area (Å²) in [6.45, 7) is 7.94. The number of imide groups is 1. The minimum atomic E-state index is -4.90. The standard InChI is InChI=1S/C56H59F3N12O11S/c1-35-8-6-21-71(29-35,30-36-9-12-40(13-10-36)65-83(79,80)45-14-11-38(24-44(45)70(77)78)51(74)61-18-20-68-49(72)15-16-50(68)73)31-37-22-41-42(43(23-37)56(57,58)59)28-69(52(41)75)47-26-39(55(32-81-33-55)27-48-64-62-34-66(48)5)25-46(63-47)67(19-7-17-60)53(76)82-54(2,3)4/h9-16,22-26,34-35,65H,6-8,18-21,27-33H2,1-5H3/p+1/t35-,71?/m0/s1. The molecule has 2 aromatic heterocycles. The highest BCUT2D eigenvalue weighted by Gasteiger charge is 2.46. The lowest BCUT2D eigenvalue weighted by molar-refractivity contribution is -0.960. The van der Waals surface area contributed by atoms with Crippen LogP contribution in [0.15, 0.2) is 90.1 Å². The number of sulfonamides is 1. The molecule has 436 valence electrons. The van der Waals surface area contributed by atoms with Crippen molar-refractivity contribution >= 4 is 62.8 Å². The lowest BCUT2D eigenvalue weighted by Crippen LogP contribution is -2.52. The van der Waals surface area contributed by atoms with Gasteiger partial charge in [0, 0.05) is 90.6 Å². The van der Waals surface area contributed by atoms with Crippen LogP contribution < -0.4 is 19.8 Å². The third-order valence-electron chi connectivity index (χ3n) is 15.0. The summed E-state index contributed by atoms with van der Waals surface area (Å²) < 4.78 is 89.7. The quantitative estimate of drug-likeness (QED) is 0.0369. The van der Waals surface area contributed by atoms with Crippen molar-refractivity contribution in [1.29, 1.82) is 5.26 Å². The van der Waals surface area contributed by atoms with Crippen LogP contribution in [-0.2, 0) is 73.8 Å². The summed E-state index contributed by atoms with van der Waals surface area (Å²) in [5.41, 5.74) is -2.76. The van der Waals surface area contributed by atoms with Gasteiger partial charge in [-0.3, -0.25) is 48.7 Å². The van der Waals surface area contributed by atoms with Gasteiger partial charge in [-0.2, -0.15) is 18.4 Å². The first-order valence-corrected chi connectivity index (χ1v) is 28.1. The van der Waals surface area contributed by atoms with Gasteiger partial charge >= 0.3 is 12.3 Å². The van der Waals surface area contributed by atoms with E-state index in [4.69, 9.17) is 14.5 Å². The van der Waals surface area contributed by atoms with Crippen molar-refractivity contribution in [1.82, 2.24) is 30.0 Å². The number of amides is 5. The number of anilines is 3. The lowest BCUT2D eigenvalue weighted by atomic mass is 9.75. The van der Waals surface area contributed by atoms with Gasteiger partial charge in [-0.25, -0.2) is 18.2 Å². The van der Waals surface area contributed by atoms with Crippen molar-refractivity contribution in [2.24, 2.45) is 13.0 Å². The predicted octanol–water partition coefficient (Wildman–Crippen LogP) is 6.87. The second kappa shape index (κ2) is 23.0. The molecule has 0 bridgehead atoms. The molecule has 83 heavy (non-hydrogen) atoms. The smallest absolute Gasteiger partial charge is 0.416 e. The second-order valence-electron chi connectivity index (χ2n) is 22.4. The van der Waals surface area contributed by atoms with Crippen LogP contribution in [0.1, 0.15) is 101 Å². The Balaban J connectivity index is 0.980. The average molecular weight is 1170 g/mol. The number of nitriles is 1. The van der Waals surface area contributed by atoms with Crippen molar-refractivity contribution < 1.29 is 64.4 Å². The number of aromatic nitrogens is 4. The van der Waals surface area contributed by atoms with Gasteiger partial charge in [0.05, 0.1) is 55.8 Å². The Morgan fingerprint density at radius 3 is 2.34 bits per heavy atom. The van der Waals surface area contributed by atoms with Crippen molar-refractivity contribution in [2.75, 3.05) is 60.5 Å². The Kier molecular flexibility index (Phi) is 16.3. The maximum absolute atomic E-state index is 15.5. The lowest BCUT2D eigenvalue weighted by Gasteiger charge is -2.44. The first-order valence-electron chi connectivity index (χ1n) is 26.6. The van der Waals surface area contributed by atoms with Gasteiger partial charge in [0.15, 0.2) is 4.90 Å². The number of pyridine rings is 1. The third kappa shape index (κ3) is 12.9. The first-order chi connectivity index (χ1) is 39.2. The topological polar surface area (TPSA) is 282 Å². The molecule has 4 aliphatic rings. The highest BCUT2D eigenvalue weighted by atomic mass is 32.2. The Hall–Kier alpha value is -8.61. The molecular formula is C56H60F3N12O11S+. The Bertz CT molecular complexity index is 3590. The summed E-state index contributed by atoms with van der Waals surface area (Å²) in [5, 5.41) is 32.5. The molecule has 1 unspecified atom stereocenters. The molecular weight excluding hydrogens is 1110 g/mol. The minimum Gasteiger partial charge on any atom is -0.443 e. The van der Waals surface area contributed by atoms with Crippen molar-refractivity contribution in [3.63, 3.8) is 0 Å². The Morgan fingerprint density at radius 1 is 1.01 bits per heavy atom. The number of hydrogen-bond donors (Lipinski definition) is 2. The number of aryl methyl sites for hydroxylation is 1. The summed E-state index contributed by atoms with van der Waals surface area (Å²) in [4.78, 5) is 83.8. The van der Waals surface area contributed by atoms with E-state index >= 15 is 13.2 Å². The minimum absolute atomic E-state index is 0.00526. The van der Waals surface area contributed by atoms with Crippen molar-refractivity contribution in [3.05, 3.63) is 140 Å². The van der Waals surface area contributed by atoms with Gasteiger partial charge in [0.25, 0.3) is 39.3 Å². The Labute approximate surface area is 475 Å². The number of rotatable bonds is 19. The summed E-state index contributed by atoms with van der Waals surface area (Å²) in [5.74, 6) is -1.98. The number of ether oxygens (including phenoxy) is 2. The molecule has 0 aliphatic carbocycles. The predicted molar refractivity (Wildman–Crippen MR) is 292 cm³/mol. The van der Waals surface area contributed by atoms with Crippen LogP contribution in [0.5, 0.6) is 0 Å². The maximum atomic E-state index is 15.5. The van der Waals surface area contributed by atoms with Crippen LogP contribution in [0, 0.1) is 27.4 Å². The summed E-state index contributed by atoms with van der Waals surface area (Å²) >= 11 is 0. The van der Waals surface area contributed by atoms with Gasteiger partial charge in [0.2, 0.25) is 0 Å². The van der Waals surface area contributed by atoms with Crippen LogP contribution in [0.3, 0.4) is 0 Å². The number of halogens is 3. The highest BCUT2D eigenvalue weighted by Crippen LogP contribution is 2.44. The second-order valence-corrected chi connectivity index (χ2v) is 24.1. The number of alkyl halides is 3. The van der Waals surface area contributed by atoms with Gasteiger partial charge in [-0.15, -0.1) is 10.2 Å². The number of nitrogens with one attached hydrogen (secondary N) is 2. The van der Waals surface area contributed by atoms with E-state index in [-0.39, 0.29) is 95.8 Å². The van der Waals surface area contributed by atoms with Crippen LogP contribution in [-0.4, -0.2) is 124 Å². The molecule has 0 saturated carbocycles. The van der Waals surface area contributed by atoms with E-state index in [0.717, 1.165) is 59.1 Å². The molecule has 5 aromatic rings. The number of quaternary nitrogens is 1. The molecule has 23 nitrogen and oxygen atoms in total. The van der Waals surface area contributed by atoms with E-state index in [0.29, 0.717) is 43.0 Å². The maximum Gasteiger partial charge on any atom is 0.416 e.